The zero-order chi connectivity index (χ0) is 21.3. The third kappa shape index (κ3) is 7.67. The summed E-state index contributed by atoms with van der Waals surface area (Å²) in [5.74, 6) is -1.34. The van der Waals surface area contributed by atoms with E-state index in [-0.39, 0.29) is 6.54 Å². The largest absolute Gasteiger partial charge is 0.473 e. The van der Waals surface area contributed by atoms with Crippen LogP contribution >= 0.6 is 7.82 Å². The van der Waals surface area contributed by atoms with Crippen LogP contribution in [0, 0.1) is 0 Å². The van der Waals surface area contributed by atoms with Gasteiger partial charge < -0.3 is 35.2 Å². The molecule has 1 heterocycles. The average molecular weight is 427 g/mol. The van der Waals surface area contributed by atoms with Gasteiger partial charge in [0.1, 0.15) is 31.6 Å². The van der Waals surface area contributed by atoms with Crippen LogP contribution in [0.4, 0.5) is 0 Å². The lowest BCUT2D eigenvalue weighted by Gasteiger charge is -2.42. The highest BCUT2D eigenvalue weighted by atomic mass is 31.2. The number of hydrogen-bond acceptors (Lipinski definition) is 10. The third-order valence-corrected chi connectivity index (χ3v) is 4.42. The molecule has 6 atom stereocenters. The van der Waals surface area contributed by atoms with Crippen LogP contribution in [-0.4, -0.2) is 84.6 Å². The fourth-order valence-electron chi connectivity index (χ4n) is 2.19. The van der Waals surface area contributed by atoms with Crippen molar-refractivity contribution in [2.45, 2.75) is 37.6 Å². The minimum atomic E-state index is -4.26. The van der Waals surface area contributed by atoms with E-state index in [2.05, 4.69) is 29.7 Å². The zero-order valence-electron chi connectivity index (χ0n) is 15.0. The molecule has 28 heavy (non-hydrogen) atoms. The normalized spacial score (nSPS) is 29.2. The van der Waals surface area contributed by atoms with E-state index in [4.69, 9.17) is 19.9 Å². The Kier molecular flexibility index (Phi) is 9.75. The second-order valence-corrected chi connectivity index (χ2v) is 7.06. The molecule has 5 N–H and O–H groups in total. The molecule has 2 amide bonds. The van der Waals surface area contributed by atoms with Crippen molar-refractivity contribution in [1.29, 1.82) is 0 Å². The van der Waals surface area contributed by atoms with Gasteiger partial charge in [0, 0.05) is 18.9 Å². The first-order valence-corrected chi connectivity index (χ1v) is 9.31. The van der Waals surface area contributed by atoms with Crippen molar-refractivity contribution in [2.75, 3.05) is 27.0 Å². The van der Waals surface area contributed by atoms with Crippen LogP contribution in [0.3, 0.4) is 0 Å². The molecule has 1 saturated heterocycles. The minimum absolute atomic E-state index is 0.329. The molecule has 1 fully saturated rings. The minimum Gasteiger partial charge on any atom is -0.388 e. The number of aliphatic hydroxyl groups excluding tert-OH is 2. The highest BCUT2D eigenvalue weighted by molar-refractivity contribution is 7.47. The van der Waals surface area contributed by atoms with Gasteiger partial charge in [-0.1, -0.05) is 5.11 Å². The van der Waals surface area contributed by atoms with Crippen LogP contribution in [0.5, 0.6) is 0 Å². The van der Waals surface area contributed by atoms with Gasteiger partial charge in [-0.25, -0.2) is 4.57 Å². The Bertz CT molecular complexity index is 644. The van der Waals surface area contributed by atoms with E-state index in [0.717, 1.165) is 14.0 Å². The highest BCUT2D eigenvalue weighted by Crippen LogP contribution is 2.41. The first-order chi connectivity index (χ1) is 13.1. The molecule has 0 aromatic carbocycles. The summed E-state index contributed by atoms with van der Waals surface area (Å²) in [7, 11) is -3.32. The fraction of sp³-hybridized carbons (Fsp3) is 0.833. The van der Waals surface area contributed by atoms with Gasteiger partial charge in [-0.15, -0.1) is 0 Å². The number of ether oxygens (including phenoxy) is 2. The molecule has 0 aromatic heterocycles. The molecule has 15 nitrogen and oxygen atoms in total. The monoisotopic (exact) mass is 427 g/mol. The molecule has 0 saturated carbocycles. The predicted octanol–water partition coefficient (Wildman–Crippen LogP) is -1.90. The van der Waals surface area contributed by atoms with Crippen LogP contribution in [0.15, 0.2) is 5.11 Å². The Morgan fingerprint density at radius 3 is 2.61 bits per heavy atom. The molecular weight excluding hydrogens is 405 g/mol. The Morgan fingerprint density at radius 2 is 2.04 bits per heavy atom. The summed E-state index contributed by atoms with van der Waals surface area (Å²) in [6, 6.07) is -1.22. The molecule has 0 aliphatic carbocycles. The maximum Gasteiger partial charge on any atom is 0.473 e. The average Bonchev–Trinajstić information content (AvgIpc) is 2.63. The lowest BCUT2D eigenvalue weighted by atomic mass is 9.96. The molecule has 1 aliphatic rings. The summed E-state index contributed by atoms with van der Waals surface area (Å²) in [5.41, 5.74) is 8.38. The van der Waals surface area contributed by atoms with Crippen molar-refractivity contribution in [3.8, 4) is 0 Å². The van der Waals surface area contributed by atoms with Crippen molar-refractivity contribution in [3.05, 3.63) is 10.4 Å². The van der Waals surface area contributed by atoms with Gasteiger partial charge >= 0.3 is 7.82 Å². The maximum absolute atomic E-state index is 11.7. The maximum atomic E-state index is 11.7. The first-order valence-electron chi connectivity index (χ1n) is 7.82. The Balaban J connectivity index is 2.68. The number of aliphatic hydroxyl groups is 2. The van der Waals surface area contributed by atoms with E-state index in [9.17, 15) is 24.4 Å². The molecule has 6 unspecified atom stereocenters. The number of rotatable bonds is 10. The van der Waals surface area contributed by atoms with Crippen molar-refractivity contribution < 1.29 is 47.8 Å². The van der Waals surface area contributed by atoms with E-state index in [1.165, 1.54) is 0 Å². The van der Waals surface area contributed by atoms with Gasteiger partial charge in [-0.3, -0.25) is 18.6 Å². The standard InChI is InChI=1S/C12H22N5O10P/c1-6(18)16-9-11(21)10(20)7(3-15-17-13)27-12(9)25-4-8(19)14-5-26-28(22,23)24-2/h7,9-12,20-21H,3-5H2,1-2H3,(H,14,19)(H,16,18)(H,22,23). The number of phosphoric acid groups is 1. The van der Waals surface area contributed by atoms with E-state index in [0.29, 0.717) is 0 Å². The number of nitrogens with zero attached hydrogens (tertiary/aromatic N) is 3. The summed E-state index contributed by atoms with van der Waals surface area (Å²) in [5, 5.41) is 27.9. The molecule has 160 valence electrons. The molecule has 0 spiro atoms. The third-order valence-electron chi connectivity index (χ3n) is 3.50. The number of carbonyl (C=O) groups excluding carboxylic acids is 2. The summed E-state index contributed by atoms with van der Waals surface area (Å²) in [6.45, 7) is -0.464. The van der Waals surface area contributed by atoms with Crippen LogP contribution in [0.2, 0.25) is 0 Å². The van der Waals surface area contributed by atoms with Gasteiger partial charge in [0.05, 0.1) is 12.6 Å². The van der Waals surface area contributed by atoms with Gasteiger partial charge in [0.2, 0.25) is 11.8 Å². The van der Waals surface area contributed by atoms with Gasteiger partial charge in [-0.05, 0) is 5.53 Å². The number of phosphoric ester groups is 1. The number of carbonyl (C=O) groups is 2. The van der Waals surface area contributed by atoms with Gasteiger partial charge in [0.15, 0.2) is 6.29 Å². The Hall–Kier alpha value is -1.80. The number of amides is 2. The molecule has 1 rings (SSSR count). The van der Waals surface area contributed by atoms with Gasteiger partial charge in [-0.2, -0.15) is 0 Å². The van der Waals surface area contributed by atoms with E-state index in [1.807, 2.05) is 0 Å². The van der Waals surface area contributed by atoms with E-state index in [1.54, 1.807) is 0 Å². The fourth-order valence-corrected chi connectivity index (χ4v) is 2.52. The Morgan fingerprint density at radius 1 is 1.36 bits per heavy atom. The van der Waals surface area contributed by atoms with Crippen LogP contribution < -0.4 is 10.6 Å². The molecule has 1 aliphatic heterocycles. The quantitative estimate of drug-likeness (QED) is 0.0856. The first kappa shape index (κ1) is 24.2. The van der Waals surface area contributed by atoms with Gasteiger partial charge in [0.25, 0.3) is 0 Å². The second kappa shape index (κ2) is 11.3. The topological polar surface area (TPSA) is 222 Å². The second-order valence-electron chi connectivity index (χ2n) is 5.50. The smallest absolute Gasteiger partial charge is 0.388 e. The molecule has 16 heteroatoms. The number of azide groups is 1. The van der Waals surface area contributed by atoms with Crippen molar-refractivity contribution in [2.24, 2.45) is 5.11 Å². The van der Waals surface area contributed by atoms with Crippen molar-refractivity contribution >= 4 is 19.6 Å². The molecule has 0 radical (unpaired) electrons. The lowest BCUT2D eigenvalue weighted by Crippen LogP contribution is -2.64. The number of nitrogens with one attached hydrogen (secondary N) is 2. The van der Waals surface area contributed by atoms with Crippen LogP contribution in [0.1, 0.15) is 6.92 Å². The molecule has 0 aromatic rings. The van der Waals surface area contributed by atoms with E-state index < -0.39 is 63.6 Å². The summed E-state index contributed by atoms with van der Waals surface area (Å²) < 4.78 is 30.2. The summed E-state index contributed by atoms with van der Waals surface area (Å²) in [4.78, 5) is 34.6. The SMILES string of the molecule is COP(=O)(O)OCNC(=O)COC1OC(CN=[N+]=[N-])C(O)C(O)C1NC(C)=O. The summed E-state index contributed by atoms with van der Waals surface area (Å²) in [6.07, 6.45) is -5.53. The van der Waals surface area contributed by atoms with Crippen molar-refractivity contribution in [3.63, 3.8) is 0 Å². The lowest BCUT2D eigenvalue weighted by molar-refractivity contribution is -0.260. The molecular formula is C12H22N5O10P. The Labute approximate surface area is 159 Å². The zero-order valence-corrected chi connectivity index (χ0v) is 15.9. The molecule has 0 bridgehead atoms. The van der Waals surface area contributed by atoms with Crippen molar-refractivity contribution in [1.82, 2.24) is 10.6 Å². The number of hydrogen-bond donors (Lipinski definition) is 5. The van der Waals surface area contributed by atoms with Crippen LogP contribution in [0.25, 0.3) is 10.4 Å². The highest BCUT2D eigenvalue weighted by Gasteiger charge is 2.45. The van der Waals surface area contributed by atoms with Crippen LogP contribution in [-0.2, 0) is 32.7 Å². The summed E-state index contributed by atoms with van der Waals surface area (Å²) >= 11 is 0. The van der Waals surface area contributed by atoms with E-state index >= 15 is 0 Å². The predicted molar refractivity (Wildman–Crippen MR) is 89.2 cm³/mol.